The molecule has 0 fully saturated rings. The Morgan fingerprint density at radius 3 is 1.48 bits per heavy atom. The summed E-state index contributed by atoms with van der Waals surface area (Å²) in [6.45, 7) is 8.59. The lowest BCUT2D eigenvalue weighted by Crippen LogP contribution is -2.05. The molecule has 0 atom stereocenters. The second-order valence-electron chi connectivity index (χ2n) is 9.78. The largest absolute Gasteiger partial charge is 0.299 e. The summed E-state index contributed by atoms with van der Waals surface area (Å²) in [5, 5.41) is 0. The Morgan fingerprint density at radius 1 is 0.621 bits per heavy atom. The van der Waals surface area contributed by atoms with Crippen LogP contribution in [0, 0.1) is 11.8 Å². The number of Topliss-reactive ketones (excluding diaryl/α,β-unsaturated/α-hetero) is 1. The van der Waals surface area contributed by atoms with Gasteiger partial charge in [0.05, 0.1) is 0 Å². The third-order valence-electron chi connectivity index (χ3n) is 5.95. The molecule has 1 nitrogen and oxygen atoms in total. The molecule has 0 spiro atoms. The van der Waals surface area contributed by atoms with E-state index in [0.717, 1.165) is 18.8 Å². The first kappa shape index (κ1) is 25.9. The number of ketones is 1. The minimum Gasteiger partial charge on any atom is -0.299 e. The Bertz CT molecular complexity index is 512. The van der Waals surface area contributed by atoms with Crippen molar-refractivity contribution in [3.8, 4) is 0 Å². The van der Waals surface area contributed by atoms with Crippen molar-refractivity contribution in [1.29, 1.82) is 0 Å². The van der Waals surface area contributed by atoms with E-state index >= 15 is 0 Å². The maximum Gasteiger partial charge on any atom is 0.135 e. The van der Waals surface area contributed by atoms with E-state index in [0.29, 0.717) is 5.78 Å². The van der Waals surface area contributed by atoms with Crippen molar-refractivity contribution < 1.29 is 4.79 Å². The summed E-state index contributed by atoms with van der Waals surface area (Å²) in [5.41, 5.74) is 2.98. The molecule has 1 heteroatoms. The first-order valence-electron chi connectivity index (χ1n) is 12.6. The first-order chi connectivity index (χ1) is 14.0. The van der Waals surface area contributed by atoms with E-state index in [1.54, 1.807) is 0 Å². The van der Waals surface area contributed by atoms with Crippen molar-refractivity contribution in [3.63, 3.8) is 0 Å². The van der Waals surface area contributed by atoms with E-state index in [4.69, 9.17) is 0 Å². The number of benzene rings is 1. The molecule has 1 aromatic rings. The molecule has 1 aromatic carbocycles. The van der Waals surface area contributed by atoms with Gasteiger partial charge in [-0.25, -0.2) is 0 Å². The molecule has 0 N–H and O–H groups in total. The van der Waals surface area contributed by atoms with Crippen molar-refractivity contribution in [3.05, 3.63) is 35.4 Å². The normalized spacial score (nSPS) is 11.5. The quantitative estimate of drug-likeness (QED) is 0.225. The third kappa shape index (κ3) is 14.5. The fourth-order valence-electron chi connectivity index (χ4n) is 4.00. The molecule has 0 radical (unpaired) electrons. The number of carbonyl (C=O) groups is 1. The number of rotatable bonds is 18. The van der Waals surface area contributed by atoms with Gasteiger partial charge in [0.1, 0.15) is 5.78 Å². The minimum atomic E-state index is 0.219. The van der Waals surface area contributed by atoms with E-state index in [1.165, 1.54) is 94.6 Å². The molecule has 0 aromatic heterocycles. The second kappa shape index (κ2) is 16.7. The van der Waals surface area contributed by atoms with Crippen LogP contribution in [-0.4, -0.2) is 5.78 Å². The van der Waals surface area contributed by atoms with Gasteiger partial charge in [0.2, 0.25) is 0 Å². The van der Waals surface area contributed by atoms with Crippen molar-refractivity contribution in [2.75, 3.05) is 0 Å². The van der Waals surface area contributed by atoms with Crippen LogP contribution in [0.1, 0.15) is 122 Å². The summed E-state index contributed by atoms with van der Waals surface area (Å²) in [7, 11) is 0. The van der Waals surface area contributed by atoms with Gasteiger partial charge in [-0.1, -0.05) is 116 Å². The molecule has 29 heavy (non-hydrogen) atoms. The van der Waals surface area contributed by atoms with Crippen molar-refractivity contribution in [1.82, 2.24) is 0 Å². The van der Waals surface area contributed by atoms with Crippen LogP contribution in [0.5, 0.6) is 0 Å². The summed E-state index contributed by atoms with van der Waals surface area (Å²) < 4.78 is 0. The lowest BCUT2D eigenvalue weighted by atomic mass is 9.99. The summed E-state index contributed by atoms with van der Waals surface area (Å²) >= 11 is 0. The van der Waals surface area contributed by atoms with Gasteiger partial charge in [-0.15, -0.1) is 0 Å². The highest BCUT2D eigenvalue weighted by molar-refractivity contribution is 5.80. The summed E-state index contributed by atoms with van der Waals surface area (Å²) in [5.74, 6) is 1.40. The van der Waals surface area contributed by atoms with Crippen LogP contribution in [0.25, 0.3) is 0 Å². The molecule has 1 rings (SSSR count). The predicted molar refractivity (Wildman–Crippen MR) is 129 cm³/mol. The molecule has 166 valence electrons. The molecular formula is C28H48O. The zero-order valence-corrected chi connectivity index (χ0v) is 20.0. The highest BCUT2D eigenvalue weighted by Crippen LogP contribution is 2.15. The van der Waals surface area contributed by atoms with Crippen LogP contribution in [0.3, 0.4) is 0 Å². The molecule has 0 aliphatic heterocycles. The highest BCUT2D eigenvalue weighted by Gasteiger charge is 2.05. The molecular weight excluding hydrogens is 352 g/mol. The Balaban J connectivity index is 1.85. The van der Waals surface area contributed by atoms with E-state index in [1.807, 2.05) is 13.8 Å². The average molecular weight is 401 g/mol. The summed E-state index contributed by atoms with van der Waals surface area (Å²) in [6.07, 6.45) is 19.3. The summed E-state index contributed by atoms with van der Waals surface area (Å²) in [6, 6.07) is 9.31. The first-order valence-corrected chi connectivity index (χ1v) is 12.6. The van der Waals surface area contributed by atoms with Gasteiger partial charge < -0.3 is 0 Å². The van der Waals surface area contributed by atoms with Crippen molar-refractivity contribution >= 4 is 5.78 Å². The number of hydrogen-bond donors (Lipinski definition) is 0. The van der Waals surface area contributed by atoms with Crippen LogP contribution in [0.2, 0.25) is 0 Å². The Labute approximate surface area is 182 Å². The van der Waals surface area contributed by atoms with Crippen LogP contribution in [0.15, 0.2) is 24.3 Å². The van der Waals surface area contributed by atoms with Gasteiger partial charge in [-0.2, -0.15) is 0 Å². The number of aryl methyl sites for hydroxylation is 1. The Kier molecular flexibility index (Phi) is 14.9. The molecule has 0 aliphatic rings. The van der Waals surface area contributed by atoms with Crippen LogP contribution in [0.4, 0.5) is 0 Å². The maximum absolute atomic E-state index is 11.6. The van der Waals surface area contributed by atoms with Crippen LogP contribution >= 0.6 is 0 Å². The standard InChI is InChI=1S/C28H48O/c1-24(2)23-27-21-19-26(20-22-27)17-15-13-11-9-7-5-6-8-10-12-14-16-18-28(29)25(3)4/h19-22,24-25H,5-18,23H2,1-4H3. The van der Waals surface area contributed by atoms with Crippen molar-refractivity contribution in [2.45, 2.75) is 124 Å². The van der Waals surface area contributed by atoms with Gasteiger partial charge in [-0.05, 0) is 42.7 Å². The zero-order chi connectivity index (χ0) is 21.3. The molecule has 0 saturated carbocycles. The van der Waals surface area contributed by atoms with Crippen LogP contribution in [-0.2, 0) is 17.6 Å². The predicted octanol–water partition coefficient (Wildman–Crippen LogP) is 8.72. The monoisotopic (exact) mass is 400 g/mol. The molecule has 0 amide bonds. The lowest BCUT2D eigenvalue weighted by Gasteiger charge is -2.07. The fourth-order valence-corrected chi connectivity index (χ4v) is 4.00. The third-order valence-corrected chi connectivity index (χ3v) is 5.95. The minimum absolute atomic E-state index is 0.219. The van der Waals surface area contributed by atoms with Gasteiger partial charge in [-0.3, -0.25) is 4.79 Å². The van der Waals surface area contributed by atoms with E-state index in [9.17, 15) is 4.79 Å². The SMILES string of the molecule is CC(C)Cc1ccc(CCCCCCCCCCCCCCC(=O)C(C)C)cc1. The number of hydrogen-bond acceptors (Lipinski definition) is 1. The molecule has 0 aliphatic carbocycles. The van der Waals surface area contributed by atoms with Gasteiger partial charge in [0.25, 0.3) is 0 Å². The number of unbranched alkanes of at least 4 members (excludes halogenated alkanes) is 11. The van der Waals surface area contributed by atoms with E-state index in [2.05, 4.69) is 38.1 Å². The highest BCUT2D eigenvalue weighted by atomic mass is 16.1. The van der Waals surface area contributed by atoms with E-state index < -0.39 is 0 Å². The van der Waals surface area contributed by atoms with Crippen molar-refractivity contribution in [2.24, 2.45) is 11.8 Å². The van der Waals surface area contributed by atoms with Gasteiger partial charge >= 0.3 is 0 Å². The second-order valence-corrected chi connectivity index (χ2v) is 9.78. The Hall–Kier alpha value is -1.11. The topological polar surface area (TPSA) is 17.1 Å². The molecule has 0 saturated heterocycles. The molecule has 0 heterocycles. The molecule has 0 bridgehead atoms. The average Bonchev–Trinajstić information content (AvgIpc) is 2.68. The maximum atomic E-state index is 11.6. The zero-order valence-electron chi connectivity index (χ0n) is 20.0. The molecule has 0 unspecified atom stereocenters. The lowest BCUT2D eigenvalue weighted by molar-refractivity contribution is -0.122. The fraction of sp³-hybridized carbons (Fsp3) is 0.750. The van der Waals surface area contributed by atoms with Gasteiger partial charge in [0.15, 0.2) is 0 Å². The van der Waals surface area contributed by atoms with Crippen LogP contribution < -0.4 is 0 Å². The number of carbonyl (C=O) groups excluding carboxylic acids is 1. The Morgan fingerprint density at radius 2 is 1.03 bits per heavy atom. The van der Waals surface area contributed by atoms with E-state index in [-0.39, 0.29) is 5.92 Å². The smallest absolute Gasteiger partial charge is 0.135 e. The van der Waals surface area contributed by atoms with Gasteiger partial charge in [0, 0.05) is 12.3 Å². The summed E-state index contributed by atoms with van der Waals surface area (Å²) in [4.78, 5) is 11.6.